The smallest absolute Gasteiger partial charge is 0.211 e. The highest BCUT2D eigenvalue weighted by molar-refractivity contribution is 8.16. The predicted octanol–water partition coefficient (Wildman–Crippen LogP) is 2.69. The summed E-state index contributed by atoms with van der Waals surface area (Å²) in [7, 11) is 0. The van der Waals surface area contributed by atoms with Crippen molar-refractivity contribution in [3.63, 3.8) is 0 Å². The average Bonchev–Trinajstić information content (AvgIpc) is 2.65. The Morgan fingerprint density at radius 2 is 1.48 bits per heavy atom. The van der Waals surface area contributed by atoms with Gasteiger partial charge in [-0.25, -0.2) is 24.4 Å². The maximum Gasteiger partial charge on any atom is 0.235 e. The van der Waals surface area contributed by atoms with Crippen LogP contribution in [0.25, 0.3) is 0 Å². The number of aliphatic imine (C=N–C) groups is 3. The summed E-state index contributed by atoms with van der Waals surface area (Å²) in [5, 5.41) is 2.20. The summed E-state index contributed by atoms with van der Waals surface area (Å²) in [5.74, 6) is 4.80. The minimum absolute atomic E-state index is 0.0350. The Balaban J connectivity index is 2.16. The number of isocyanates is 3. The number of hydrogen-bond acceptors (Lipinski definition) is 11. The van der Waals surface area contributed by atoms with Crippen LogP contribution in [-0.4, -0.2) is 81.1 Å². The highest BCUT2D eigenvalue weighted by Gasteiger charge is 2.23. The van der Waals surface area contributed by atoms with E-state index in [-0.39, 0.29) is 5.25 Å². The molecule has 25 heavy (non-hydrogen) atoms. The maximum absolute atomic E-state index is 10.2. The highest BCUT2D eigenvalue weighted by atomic mass is 32.2. The van der Waals surface area contributed by atoms with Gasteiger partial charge in [0, 0.05) is 43.8 Å². The number of nitrogens with zero attached hydrogens (tertiary/aromatic N) is 3. The Labute approximate surface area is 168 Å². The van der Waals surface area contributed by atoms with Crippen molar-refractivity contribution in [1.82, 2.24) is 0 Å². The molecule has 6 nitrogen and oxygen atoms in total. The van der Waals surface area contributed by atoms with Crippen LogP contribution < -0.4 is 0 Å². The number of carbonyl (C=O) groups excluding carboxylic acids is 3. The zero-order valence-electron chi connectivity index (χ0n) is 13.5. The van der Waals surface area contributed by atoms with E-state index in [0.717, 1.165) is 28.1 Å². The van der Waals surface area contributed by atoms with Gasteiger partial charge in [-0.1, -0.05) is 0 Å². The first kappa shape index (κ1) is 22.9. The standard InChI is InChI=1S/C14H19N3O3S5/c18-7-15-1-12(2-16-8-19)23-5-14-6-24-13(4-25-14)3-21-11-22-10-17-9-20/h12-14H,1-6,10-11H2. The van der Waals surface area contributed by atoms with E-state index in [0.29, 0.717) is 29.5 Å². The highest BCUT2D eigenvalue weighted by Crippen LogP contribution is 2.34. The van der Waals surface area contributed by atoms with E-state index in [1.807, 2.05) is 35.3 Å². The molecule has 0 bridgehead atoms. The lowest BCUT2D eigenvalue weighted by Gasteiger charge is -2.28. The molecule has 1 fully saturated rings. The molecule has 1 rings (SSSR count). The first-order chi connectivity index (χ1) is 12.3. The summed E-state index contributed by atoms with van der Waals surface area (Å²) in [5.41, 5.74) is 0. The van der Waals surface area contributed by atoms with Crippen molar-refractivity contribution in [3.05, 3.63) is 0 Å². The molecule has 2 unspecified atom stereocenters. The lowest BCUT2D eigenvalue weighted by molar-refractivity contribution is 0.561. The summed E-state index contributed by atoms with van der Waals surface area (Å²) in [4.78, 5) is 41.2. The molecule has 0 radical (unpaired) electrons. The van der Waals surface area contributed by atoms with Gasteiger partial charge in [-0.2, -0.15) is 40.3 Å². The van der Waals surface area contributed by atoms with E-state index in [2.05, 4.69) is 15.0 Å². The third-order valence-corrected chi connectivity index (χ3v) is 10.3. The van der Waals surface area contributed by atoms with E-state index < -0.39 is 0 Å². The molecule has 138 valence electrons. The Morgan fingerprint density at radius 3 is 2.04 bits per heavy atom. The van der Waals surface area contributed by atoms with Gasteiger partial charge in [0.05, 0.1) is 19.0 Å². The minimum Gasteiger partial charge on any atom is -0.211 e. The lowest BCUT2D eigenvalue weighted by atomic mass is 10.4. The van der Waals surface area contributed by atoms with Crippen molar-refractivity contribution in [2.45, 2.75) is 15.7 Å². The quantitative estimate of drug-likeness (QED) is 0.188. The molecule has 0 aliphatic carbocycles. The van der Waals surface area contributed by atoms with Gasteiger partial charge in [0.25, 0.3) is 0 Å². The maximum atomic E-state index is 10.2. The van der Waals surface area contributed by atoms with Crippen LogP contribution in [0.4, 0.5) is 0 Å². The lowest BCUT2D eigenvalue weighted by Crippen LogP contribution is -2.26. The Kier molecular flexibility index (Phi) is 14.8. The molecule has 1 aliphatic rings. The fourth-order valence-corrected chi connectivity index (χ4v) is 8.49. The molecule has 1 heterocycles. The second kappa shape index (κ2) is 16.1. The summed E-state index contributed by atoms with van der Waals surface area (Å²) < 4.78 is 0. The van der Waals surface area contributed by atoms with Crippen LogP contribution in [0, 0.1) is 0 Å². The second-order valence-corrected chi connectivity index (χ2v) is 11.2. The number of rotatable bonds is 13. The summed E-state index contributed by atoms with van der Waals surface area (Å²) in [6, 6.07) is 0. The van der Waals surface area contributed by atoms with Crippen LogP contribution in [0.15, 0.2) is 15.0 Å². The molecular formula is C14H19N3O3S5. The molecule has 11 heteroatoms. The second-order valence-electron chi connectivity index (χ2n) is 4.80. The molecule has 0 saturated carbocycles. The fourth-order valence-electron chi connectivity index (χ4n) is 1.81. The van der Waals surface area contributed by atoms with E-state index in [4.69, 9.17) is 0 Å². The molecule has 1 aliphatic heterocycles. The molecule has 1 saturated heterocycles. The third kappa shape index (κ3) is 12.0. The van der Waals surface area contributed by atoms with Crippen molar-refractivity contribution in [2.24, 2.45) is 15.0 Å². The first-order valence-corrected chi connectivity index (χ1v) is 12.9. The van der Waals surface area contributed by atoms with E-state index in [1.165, 1.54) is 12.2 Å². The van der Waals surface area contributed by atoms with Crippen LogP contribution in [0.1, 0.15) is 0 Å². The first-order valence-electron chi connectivity index (χ1n) is 7.41. The molecule has 0 amide bonds. The molecule has 0 spiro atoms. The Bertz CT molecular complexity index is 492. The van der Waals surface area contributed by atoms with Crippen LogP contribution in [0.5, 0.6) is 0 Å². The molecular weight excluding hydrogens is 419 g/mol. The van der Waals surface area contributed by atoms with Gasteiger partial charge in [0.15, 0.2) is 0 Å². The Morgan fingerprint density at radius 1 is 0.880 bits per heavy atom. The minimum atomic E-state index is 0.0350. The zero-order valence-corrected chi connectivity index (χ0v) is 17.6. The number of hydrogen-bond donors (Lipinski definition) is 0. The van der Waals surface area contributed by atoms with Crippen molar-refractivity contribution < 1.29 is 14.4 Å². The van der Waals surface area contributed by atoms with Crippen molar-refractivity contribution in [3.8, 4) is 0 Å². The van der Waals surface area contributed by atoms with Gasteiger partial charge >= 0.3 is 0 Å². The van der Waals surface area contributed by atoms with E-state index in [1.54, 1.807) is 29.6 Å². The van der Waals surface area contributed by atoms with Crippen molar-refractivity contribution in [2.75, 3.05) is 47.1 Å². The zero-order chi connectivity index (χ0) is 18.2. The SMILES string of the molecule is O=C=NCSCSCC1CSC(CSC(CN=C=O)CN=C=O)CS1. The van der Waals surface area contributed by atoms with Gasteiger partial charge < -0.3 is 0 Å². The third-order valence-electron chi connectivity index (χ3n) is 2.96. The summed E-state index contributed by atoms with van der Waals surface area (Å²) in [6.45, 7) is 0.684. The van der Waals surface area contributed by atoms with Gasteiger partial charge in [0.2, 0.25) is 18.2 Å². The van der Waals surface area contributed by atoms with Crippen LogP contribution in [0.2, 0.25) is 0 Å². The van der Waals surface area contributed by atoms with Gasteiger partial charge in [-0.05, 0) is 0 Å². The number of thioether (sulfide) groups is 5. The largest absolute Gasteiger partial charge is 0.235 e. The monoisotopic (exact) mass is 437 g/mol. The molecule has 2 atom stereocenters. The fraction of sp³-hybridized carbons (Fsp3) is 0.786. The van der Waals surface area contributed by atoms with Crippen LogP contribution in [0.3, 0.4) is 0 Å². The van der Waals surface area contributed by atoms with Crippen LogP contribution in [-0.2, 0) is 14.4 Å². The molecule has 0 aromatic heterocycles. The van der Waals surface area contributed by atoms with Crippen LogP contribution >= 0.6 is 58.8 Å². The van der Waals surface area contributed by atoms with Gasteiger partial charge in [-0.3, -0.25) is 0 Å². The summed E-state index contributed by atoms with van der Waals surface area (Å²) >= 11 is 9.22. The normalized spacial score (nSPS) is 20.6. The molecule has 0 aromatic carbocycles. The molecule has 0 aromatic rings. The van der Waals surface area contributed by atoms with Crippen molar-refractivity contribution in [1.29, 1.82) is 0 Å². The van der Waals surface area contributed by atoms with Gasteiger partial charge in [0.1, 0.15) is 0 Å². The van der Waals surface area contributed by atoms with E-state index in [9.17, 15) is 14.4 Å². The van der Waals surface area contributed by atoms with Gasteiger partial charge in [-0.15, -0.1) is 23.5 Å². The Hall–Kier alpha value is -0.110. The van der Waals surface area contributed by atoms with Crippen molar-refractivity contribution >= 4 is 77.0 Å². The van der Waals surface area contributed by atoms with E-state index >= 15 is 0 Å². The summed E-state index contributed by atoms with van der Waals surface area (Å²) in [6.07, 6.45) is 4.62. The topological polar surface area (TPSA) is 88.3 Å². The predicted molar refractivity (Wildman–Crippen MR) is 113 cm³/mol. The average molecular weight is 438 g/mol. The molecule has 0 N–H and O–H groups in total.